The molecular formula is C19H22ClN5O2. The highest BCUT2D eigenvalue weighted by atomic mass is 35.5. The van der Waals surface area contributed by atoms with E-state index in [-0.39, 0.29) is 12.1 Å². The summed E-state index contributed by atoms with van der Waals surface area (Å²) in [6.45, 7) is 7.11. The van der Waals surface area contributed by atoms with E-state index in [9.17, 15) is 4.79 Å². The highest BCUT2D eigenvalue weighted by molar-refractivity contribution is 6.30. The van der Waals surface area contributed by atoms with Gasteiger partial charge in [0.05, 0.1) is 29.8 Å². The normalized spacial score (nSPS) is 19.5. The second-order valence-corrected chi connectivity index (χ2v) is 7.35. The number of halogens is 1. The number of rotatable bonds is 1. The second-order valence-electron chi connectivity index (χ2n) is 6.91. The summed E-state index contributed by atoms with van der Waals surface area (Å²) in [7, 11) is 0. The molecule has 4 rings (SSSR count). The Balaban J connectivity index is 1.47. The van der Waals surface area contributed by atoms with E-state index in [4.69, 9.17) is 16.3 Å². The van der Waals surface area contributed by atoms with Crippen LogP contribution in [0.1, 0.15) is 12.6 Å². The van der Waals surface area contributed by atoms with Gasteiger partial charge in [0.15, 0.2) is 0 Å². The van der Waals surface area contributed by atoms with Gasteiger partial charge >= 0.3 is 6.03 Å². The van der Waals surface area contributed by atoms with Gasteiger partial charge in [0.1, 0.15) is 18.2 Å². The first-order chi connectivity index (χ1) is 13.0. The molecule has 0 N–H and O–H groups in total. The Kier molecular flexibility index (Phi) is 4.78. The summed E-state index contributed by atoms with van der Waals surface area (Å²) in [6.07, 6.45) is 3.56. The SMILES string of the molecule is Cc1cnc(N2CCN(C(=O)N3c4ccc(Cl)cc4OCC3C)CC2)cn1. The van der Waals surface area contributed by atoms with Gasteiger partial charge in [-0.05, 0) is 26.0 Å². The number of benzene rings is 1. The minimum absolute atomic E-state index is 0.00372. The molecule has 0 spiro atoms. The highest BCUT2D eigenvalue weighted by Crippen LogP contribution is 2.36. The van der Waals surface area contributed by atoms with Crippen molar-refractivity contribution in [3.05, 3.63) is 41.3 Å². The first-order valence-corrected chi connectivity index (χ1v) is 9.45. The molecule has 3 heterocycles. The lowest BCUT2D eigenvalue weighted by Gasteiger charge is -2.41. The van der Waals surface area contributed by atoms with Crippen LogP contribution in [0, 0.1) is 6.92 Å². The third-order valence-electron chi connectivity index (χ3n) is 4.95. The average molecular weight is 388 g/mol. The van der Waals surface area contributed by atoms with Crippen molar-refractivity contribution in [2.75, 3.05) is 42.6 Å². The molecule has 1 fully saturated rings. The fraction of sp³-hybridized carbons (Fsp3) is 0.421. The van der Waals surface area contributed by atoms with Gasteiger partial charge in [-0.2, -0.15) is 0 Å². The molecule has 0 saturated carbocycles. The maximum atomic E-state index is 13.2. The van der Waals surface area contributed by atoms with E-state index >= 15 is 0 Å². The molecule has 7 nitrogen and oxygen atoms in total. The molecule has 1 atom stereocenters. The van der Waals surface area contributed by atoms with E-state index in [1.807, 2.05) is 29.7 Å². The van der Waals surface area contributed by atoms with Gasteiger partial charge in [-0.15, -0.1) is 0 Å². The number of anilines is 2. The second kappa shape index (κ2) is 7.23. The minimum Gasteiger partial charge on any atom is -0.489 e. The fourth-order valence-electron chi connectivity index (χ4n) is 3.44. The molecule has 142 valence electrons. The topological polar surface area (TPSA) is 61.8 Å². The van der Waals surface area contributed by atoms with Gasteiger partial charge in [-0.25, -0.2) is 9.78 Å². The van der Waals surface area contributed by atoms with Gasteiger partial charge in [-0.3, -0.25) is 9.88 Å². The molecule has 0 bridgehead atoms. The Morgan fingerprint density at radius 2 is 1.96 bits per heavy atom. The minimum atomic E-state index is -0.0350. The Morgan fingerprint density at radius 3 is 2.67 bits per heavy atom. The molecule has 1 unspecified atom stereocenters. The number of hydrogen-bond acceptors (Lipinski definition) is 5. The van der Waals surface area contributed by atoms with Gasteiger partial charge in [0.2, 0.25) is 0 Å². The number of aryl methyl sites for hydroxylation is 1. The lowest BCUT2D eigenvalue weighted by Crippen LogP contribution is -2.56. The average Bonchev–Trinajstić information content (AvgIpc) is 2.68. The molecule has 2 aliphatic rings. The molecule has 0 aliphatic carbocycles. The van der Waals surface area contributed by atoms with Crippen molar-refractivity contribution in [1.82, 2.24) is 14.9 Å². The van der Waals surface area contributed by atoms with Gasteiger partial charge in [0, 0.05) is 37.3 Å². The van der Waals surface area contributed by atoms with Crippen molar-refractivity contribution in [3.63, 3.8) is 0 Å². The van der Waals surface area contributed by atoms with Crippen LogP contribution in [0.15, 0.2) is 30.6 Å². The van der Waals surface area contributed by atoms with Crippen LogP contribution in [0.3, 0.4) is 0 Å². The summed E-state index contributed by atoms with van der Waals surface area (Å²) in [6, 6.07) is 5.37. The van der Waals surface area contributed by atoms with Crippen molar-refractivity contribution in [2.24, 2.45) is 0 Å². The molecule has 2 aliphatic heterocycles. The lowest BCUT2D eigenvalue weighted by atomic mass is 10.1. The molecule has 1 aromatic carbocycles. The third-order valence-corrected chi connectivity index (χ3v) is 5.18. The zero-order valence-corrected chi connectivity index (χ0v) is 16.2. The van der Waals surface area contributed by atoms with Crippen molar-refractivity contribution in [2.45, 2.75) is 19.9 Å². The number of amides is 2. The predicted molar refractivity (Wildman–Crippen MR) is 105 cm³/mol. The first kappa shape index (κ1) is 17.9. The zero-order valence-electron chi connectivity index (χ0n) is 15.4. The number of hydrogen-bond donors (Lipinski definition) is 0. The number of urea groups is 1. The zero-order chi connectivity index (χ0) is 19.0. The smallest absolute Gasteiger partial charge is 0.325 e. The van der Waals surface area contributed by atoms with Crippen molar-refractivity contribution in [3.8, 4) is 5.75 Å². The molecular weight excluding hydrogens is 366 g/mol. The number of nitrogens with zero attached hydrogens (tertiary/aromatic N) is 5. The molecule has 1 aromatic heterocycles. The van der Waals surface area contributed by atoms with E-state index < -0.39 is 0 Å². The molecule has 2 aromatic rings. The molecule has 8 heteroatoms. The van der Waals surface area contributed by atoms with Crippen LogP contribution < -0.4 is 14.5 Å². The Labute approximate surface area is 163 Å². The monoisotopic (exact) mass is 387 g/mol. The number of fused-ring (bicyclic) bond motifs is 1. The highest BCUT2D eigenvalue weighted by Gasteiger charge is 2.34. The van der Waals surface area contributed by atoms with Crippen LogP contribution in [-0.4, -0.2) is 59.7 Å². The maximum absolute atomic E-state index is 13.2. The van der Waals surface area contributed by atoms with E-state index in [0.29, 0.717) is 30.5 Å². The molecule has 0 radical (unpaired) electrons. The predicted octanol–water partition coefficient (Wildman–Crippen LogP) is 2.97. The largest absolute Gasteiger partial charge is 0.489 e. The van der Waals surface area contributed by atoms with Gasteiger partial charge in [-0.1, -0.05) is 11.6 Å². The Hall–Kier alpha value is -2.54. The van der Waals surface area contributed by atoms with Gasteiger partial charge < -0.3 is 14.5 Å². The van der Waals surface area contributed by atoms with Gasteiger partial charge in [0.25, 0.3) is 0 Å². The fourth-order valence-corrected chi connectivity index (χ4v) is 3.61. The van der Waals surface area contributed by atoms with Crippen molar-refractivity contribution in [1.29, 1.82) is 0 Å². The van der Waals surface area contributed by atoms with Crippen LogP contribution >= 0.6 is 11.6 Å². The van der Waals surface area contributed by atoms with E-state index in [1.54, 1.807) is 24.5 Å². The number of piperazine rings is 1. The van der Waals surface area contributed by atoms with E-state index in [0.717, 1.165) is 30.3 Å². The van der Waals surface area contributed by atoms with Crippen LogP contribution in [0.2, 0.25) is 5.02 Å². The van der Waals surface area contributed by atoms with Crippen LogP contribution in [0.25, 0.3) is 0 Å². The van der Waals surface area contributed by atoms with E-state index in [2.05, 4.69) is 14.9 Å². The van der Waals surface area contributed by atoms with Crippen LogP contribution in [0.4, 0.5) is 16.3 Å². The summed E-state index contributed by atoms with van der Waals surface area (Å²) in [5.74, 6) is 1.51. The summed E-state index contributed by atoms with van der Waals surface area (Å²) in [5, 5.41) is 0.600. The number of carbonyl (C=O) groups is 1. The molecule has 2 amide bonds. The Bertz CT molecular complexity index is 836. The number of carbonyl (C=O) groups excluding carboxylic acids is 1. The summed E-state index contributed by atoms with van der Waals surface area (Å²) >= 11 is 6.06. The van der Waals surface area contributed by atoms with Crippen LogP contribution in [-0.2, 0) is 0 Å². The third kappa shape index (κ3) is 3.51. The van der Waals surface area contributed by atoms with Crippen molar-refractivity contribution >= 4 is 29.1 Å². The summed E-state index contributed by atoms with van der Waals surface area (Å²) in [4.78, 5) is 27.8. The molecule has 27 heavy (non-hydrogen) atoms. The van der Waals surface area contributed by atoms with Crippen LogP contribution in [0.5, 0.6) is 5.75 Å². The Morgan fingerprint density at radius 1 is 1.19 bits per heavy atom. The lowest BCUT2D eigenvalue weighted by molar-refractivity contribution is 0.190. The summed E-state index contributed by atoms with van der Waals surface area (Å²) < 4.78 is 5.75. The number of ether oxygens (including phenoxy) is 1. The first-order valence-electron chi connectivity index (χ1n) is 9.07. The van der Waals surface area contributed by atoms with E-state index in [1.165, 1.54) is 0 Å². The maximum Gasteiger partial charge on any atom is 0.325 e. The summed E-state index contributed by atoms with van der Waals surface area (Å²) in [5.41, 5.74) is 1.67. The number of aromatic nitrogens is 2. The van der Waals surface area contributed by atoms with Crippen molar-refractivity contribution < 1.29 is 9.53 Å². The standard InChI is InChI=1S/C19H22ClN5O2/c1-13-10-22-18(11-21-13)23-5-7-24(8-6-23)19(26)25-14(2)12-27-17-9-15(20)3-4-16(17)25/h3-4,9-11,14H,5-8,12H2,1-2H3. The molecule has 1 saturated heterocycles. The quantitative estimate of drug-likeness (QED) is 0.752.